The third kappa shape index (κ3) is 3.13. The number of nitrogens with zero attached hydrogens (tertiary/aromatic N) is 2. The van der Waals surface area contributed by atoms with Gasteiger partial charge in [-0.05, 0) is 36.8 Å². The molecule has 2 rings (SSSR count). The molecule has 110 valence electrons. The van der Waals surface area contributed by atoms with E-state index < -0.39 is 5.97 Å². The summed E-state index contributed by atoms with van der Waals surface area (Å²) in [7, 11) is 3.59. The lowest BCUT2D eigenvalue weighted by Crippen LogP contribution is -2.28. The molecule has 0 atom stereocenters. The van der Waals surface area contributed by atoms with Crippen molar-refractivity contribution in [2.24, 2.45) is 7.05 Å². The highest BCUT2D eigenvalue weighted by Crippen LogP contribution is 2.12. The molecule has 21 heavy (non-hydrogen) atoms. The van der Waals surface area contributed by atoms with Crippen LogP contribution in [0.15, 0.2) is 36.4 Å². The van der Waals surface area contributed by atoms with Crippen LogP contribution in [-0.4, -0.2) is 33.5 Å². The second-order valence-electron chi connectivity index (χ2n) is 5.08. The predicted molar refractivity (Wildman–Crippen MR) is 79.3 cm³/mol. The van der Waals surface area contributed by atoms with E-state index in [9.17, 15) is 9.59 Å². The van der Waals surface area contributed by atoms with Gasteiger partial charge in [-0.25, -0.2) is 4.79 Å². The van der Waals surface area contributed by atoms with Crippen LogP contribution < -0.4 is 0 Å². The van der Waals surface area contributed by atoms with Gasteiger partial charge >= 0.3 is 5.97 Å². The number of carbonyl (C=O) groups is 2. The average molecular weight is 286 g/mol. The molecule has 0 fully saturated rings. The highest BCUT2D eigenvalue weighted by Gasteiger charge is 2.16. The molecule has 0 bridgehead atoms. The summed E-state index contributed by atoms with van der Waals surface area (Å²) in [4.78, 5) is 24.8. The summed E-state index contributed by atoms with van der Waals surface area (Å²) < 4.78 is 1.85. The molecular weight excluding hydrogens is 268 g/mol. The molecule has 0 aliphatic heterocycles. The number of hydrogen-bond donors (Lipinski definition) is 1. The Bertz CT molecular complexity index is 671. The predicted octanol–water partition coefficient (Wildman–Crippen LogP) is 2.30. The minimum atomic E-state index is -0.953. The Morgan fingerprint density at radius 1 is 1.14 bits per heavy atom. The van der Waals surface area contributed by atoms with E-state index in [0.29, 0.717) is 12.2 Å². The van der Waals surface area contributed by atoms with Gasteiger partial charge in [0, 0.05) is 26.3 Å². The van der Waals surface area contributed by atoms with E-state index in [1.807, 2.05) is 30.7 Å². The van der Waals surface area contributed by atoms with Crippen molar-refractivity contribution >= 4 is 11.9 Å². The molecule has 0 aliphatic carbocycles. The summed E-state index contributed by atoms with van der Waals surface area (Å²) in [6.45, 7) is 2.38. The minimum Gasteiger partial charge on any atom is -0.478 e. The van der Waals surface area contributed by atoms with Gasteiger partial charge in [-0.1, -0.05) is 12.1 Å². The normalized spacial score (nSPS) is 10.4. The van der Waals surface area contributed by atoms with Crippen molar-refractivity contribution in [3.63, 3.8) is 0 Å². The Hall–Kier alpha value is -2.56. The maximum Gasteiger partial charge on any atom is 0.335 e. The molecule has 0 spiro atoms. The third-order valence-electron chi connectivity index (χ3n) is 3.56. The van der Waals surface area contributed by atoms with Crippen LogP contribution >= 0.6 is 0 Å². The van der Waals surface area contributed by atoms with Crippen molar-refractivity contribution in [2.45, 2.75) is 13.5 Å². The second kappa shape index (κ2) is 5.83. The maximum atomic E-state index is 12.4. The van der Waals surface area contributed by atoms with Gasteiger partial charge in [0.25, 0.3) is 5.91 Å². The van der Waals surface area contributed by atoms with Gasteiger partial charge in [0.2, 0.25) is 0 Å². The average Bonchev–Trinajstić information content (AvgIpc) is 2.78. The Balaban J connectivity index is 2.10. The number of aryl methyl sites for hydroxylation is 1. The lowest BCUT2D eigenvalue weighted by atomic mass is 10.1. The molecular formula is C16H18N2O3. The number of amides is 1. The molecule has 0 aliphatic rings. The van der Waals surface area contributed by atoms with E-state index in [2.05, 4.69) is 0 Å². The van der Waals surface area contributed by atoms with Crippen LogP contribution in [0.1, 0.15) is 32.1 Å². The molecule has 5 nitrogen and oxygen atoms in total. The molecule has 1 heterocycles. The van der Waals surface area contributed by atoms with Crippen molar-refractivity contribution < 1.29 is 14.7 Å². The number of hydrogen-bond acceptors (Lipinski definition) is 2. The van der Waals surface area contributed by atoms with E-state index >= 15 is 0 Å². The summed E-state index contributed by atoms with van der Waals surface area (Å²) in [6.07, 6.45) is 0. The Kier molecular flexibility index (Phi) is 4.12. The van der Waals surface area contributed by atoms with Crippen molar-refractivity contribution in [3.05, 3.63) is 58.9 Å². The van der Waals surface area contributed by atoms with E-state index in [1.54, 1.807) is 36.2 Å². The number of carboxylic acids is 1. The molecule has 1 aromatic carbocycles. The van der Waals surface area contributed by atoms with Crippen molar-refractivity contribution in [1.29, 1.82) is 0 Å². The van der Waals surface area contributed by atoms with Crippen molar-refractivity contribution in [1.82, 2.24) is 9.47 Å². The van der Waals surface area contributed by atoms with Crippen molar-refractivity contribution in [3.8, 4) is 0 Å². The molecule has 1 aromatic heterocycles. The Morgan fingerprint density at radius 3 is 2.24 bits per heavy atom. The third-order valence-corrected chi connectivity index (χ3v) is 3.56. The fraction of sp³-hybridized carbons (Fsp3) is 0.250. The van der Waals surface area contributed by atoms with Crippen LogP contribution in [0.2, 0.25) is 0 Å². The maximum absolute atomic E-state index is 12.4. The molecule has 0 saturated heterocycles. The SMILES string of the molecule is Cc1ccc(C(=O)N(C)Cc2ccc(C(=O)O)cc2)n1C. The van der Waals surface area contributed by atoms with E-state index in [1.165, 1.54) is 0 Å². The lowest BCUT2D eigenvalue weighted by Gasteiger charge is -2.18. The summed E-state index contributed by atoms with van der Waals surface area (Å²) in [5.41, 5.74) is 2.79. The zero-order valence-electron chi connectivity index (χ0n) is 12.3. The Morgan fingerprint density at radius 2 is 1.76 bits per heavy atom. The fourth-order valence-electron chi connectivity index (χ4n) is 2.12. The monoisotopic (exact) mass is 286 g/mol. The number of aromatic nitrogens is 1. The molecule has 1 N–H and O–H groups in total. The zero-order chi connectivity index (χ0) is 15.6. The first kappa shape index (κ1) is 14.8. The lowest BCUT2D eigenvalue weighted by molar-refractivity contribution is 0.0695. The van der Waals surface area contributed by atoms with Gasteiger partial charge in [0.15, 0.2) is 0 Å². The fourth-order valence-corrected chi connectivity index (χ4v) is 2.12. The Labute approximate surface area is 123 Å². The smallest absolute Gasteiger partial charge is 0.335 e. The van der Waals surface area contributed by atoms with Crippen LogP contribution in [0.4, 0.5) is 0 Å². The molecule has 0 unspecified atom stereocenters. The van der Waals surface area contributed by atoms with Crippen molar-refractivity contribution in [2.75, 3.05) is 7.05 Å². The second-order valence-corrected chi connectivity index (χ2v) is 5.08. The van der Waals surface area contributed by atoms with E-state index in [0.717, 1.165) is 11.3 Å². The largest absolute Gasteiger partial charge is 0.478 e. The van der Waals surface area contributed by atoms with Gasteiger partial charge in [-0.2, -0.15) is 0 Å². The summed E-state index contributed by atoms with van der Waals surface area (Å²) >= 11 is 0. The minimum absolute atomic E-state index is 0.0621. The van der Waals surface area contributed by atoms with Gasteiger partial charge in [0.1, 0.15) is 5.69 Å². The van der Waals surface area contributed by atoms with Gasteiger partial charge < -0.3 is 14.6 Å². The van der Waals surface area contributed by atoms with E-state index in [-0.39, 0.29) is 11.5 Å². The standard InChI is InChI=1S/C16H18N2O3/c1-11-4-9-14(18(11)3)15(19)17(2)10-12-5-7-13(8-6-12)16(20)21/h4-9H,10H2,1-3H3,(H,20,21). The van der Waals surface area contributed by atoms with Crippen LogP contribution in [0.25, 0.3) is 0 Å². The van der Waals surface area contributed by atoms with Gasteiger partial charge in [0.05, 0.1) is 5.56 Å². The summed E-state index contributed by atoms with van der Waals surface area (Å²) in [5, 5.41) is 8.86. The zero-order valence-corrected chi connectivity index (χ0v) is 12.3. The highest BCUT2D eigenvalue weighted by atomic mass is 16.4. The van der Waals surface area contributed by atoms with Crippen LogP contribution in [0.3, 0.4) is 0 Å². The highest BCUT2D eigenvalue weighted by molar-refractivity contribution is 5.92. The number of benzene rings is 1. The summed E-state index contributed by atoms with van der Waals surface area (Å²) in [5.74, 6) is -1.02. The number of rotatable bonds is 4. The molecule has 0 radical (unpaired) electrons. The van der Waals surface area contributed by atoms with E-state index in [4.69, 9.17) is 5.11 Å². The summed E-state index contributed by atoms with van der Waals surface area (Å²) in [6, 6.07) is 10.3. The number of carboxylic acid groups (broad SMARTS) is 1. The van der Waals surface area contributed by atoms with Crippen LogP contribution in [-0.2, 0) is 13.6 Å². The number of aromatic carboxylic acids is 1. The quantitative estimate of drug-likeness (QED) is 0.938. The number of carbonyl (C=O) groups excluding carboxylic acids is 1. The first-order valence-corrected chi connectivity index (χ1v) is 6.60. The molecule has 1 amide bonds. The van der Waals surface area contributed by atoms with Gasteiger partial charge in [-0.3, -0.25) is 4.79 Å². The van der Waals surface area contributed by atoms with Crippen LogP contribution in [0, 0.1) is 6.92 Å². The first-order valence-electron chi connectivity index (χ1n) is 6.60. The molecule has 2 aromatic rings. The molecule has 0 saturated carbocycles. The topological polar surface area (TPSA) is 62.5 Å². The first-order chi connectivity index (χ1) is 9.90. The van der Waals surface area contributed by atoms with Gasteiger partial charge in [-0.15, -0.1) is 0 Å². The van der Waals surface area contributed by atoms with Crippen LogP contribution in [0.5, 0.6) is 0 Å². The molecule has 5 heteroatoms.